The van der Waals surface area contributed by atoms with Gasteiger partial charge in [-0.3, -0.25) is 4.79 Å². The zero-order valence-corrected chi connectivity index (χ0v) is 22.3. The average molecular weight is 585 g/mol. The minimum absolute atomic E-state index is 0.285. The van der Waals surface area contributed by atoms with Crippen LogP contribution in [-0.4, -0.2) is 17.9 Å². The Kier molecular flexibility index (Phi) is 4.97. The molecule has 8 rings (SSSR count). The van der Waals surface area contributed by atoms with Crippen molar-refractivity contribution in [2.24, 2.45) is 28.6 Å². The molecule has 1 saturated heterocycles. The summed E-state index contributed by atoms with van der Waals surface area (Å²) in [6.45, 7) is 0. The zero-order valence-electron chi connectivity index (χ0n) is 20.1. The van der Waals surface area contributed by atoms with Crippen molar-refractivity contribution in [3.8, 4) is 12.1 Å². The standard InChI is InChI=1S/C31H28IN3O/c32-24-6-3-5-23(13-24)27-28(29(36)30-14-19-10-20(15-30)12-21(11-19)16-30)35-25-7-2-1-4-22(25)8-9-26(35)31(27,17-33)18-34/h1-9,13,19-21,26-28H,10-12,14-16H2/t19?,20?,21?,26-,27+,28+,30?/m0/s1. The number of carbonyl (C=O) groups excluding carboxylic acids is 1. The first-order chi connectivity index (χ1) is 17.5. The predicted molar refractivity (Wildman–Crippen MR) is 147 cm³/mol. The summed E-state index contributed by atoms with van der Waals surface area (Å²) < 4.78 is 1.05. The number of carbonyl (C=O) groups is 1. The molecular formula is C31H28IN3O. The first-order valence-corrected chi connectivity index (χ1v) is 14.2. The number of ketones is 1. The molecule has 4 aliphatic carbocycles. The summed E-state index contributed by atoms with van der Waals surface area (Å²) in [4.78, 5) is 17.2. The maximum absolute atomic E-state index is 15.1. The Labute approximate surface area is 226 Å². The number of benzene rings is 2. The van der Waals surface area contributed by atoms with E-state index in [1.54, 1.807) is 0 Å². The SMILES string of the molecule is N#CC1(C#N)[C@H](c2cccc(I)c2)[C@H](C(=O)C23CC4CC(CC(C4)C2)C3)N2c3ccccc3C=C[C@H]21. The van der Waals surface area contributed by atoms with Crippen molar-refractivity contribution >= 4 is 40.1 Å². The number of nitrogens with zero attached hydrogens (tertiary/aromatic N) is 3. The van der Waals surface area contributed by atoms with Crippen LogP contribution in [-0.2, 0) is 4.79 Å². The van der Waals surface area contributed by atoms with Crippen LogP contribution in [0.1, 0.15) is 55.6 Å². The molecule has 0 radical (unpaired) electrons. The van der Waals surface area contributed by atoms with Crippen molar-refractivity contribution in [3.63, 3.8) is 0 Å². The maximum Gasteiger partial charge on any atom is 0.176 e. The topological polar surface area (TPSA) is 67.9 Å². The summed E-state index contributed by atoms with van der Waals surface area (Å²) in [5, 5.41) is 21.4. The predicted octanol–water partition coefficient (Wildman–Crippen LogP) is 6.48. The molecule has 0 spiro atoms. The Morgan fingerprint density at radius 3 is 2.25 bits per heavy atom. The molecule has 6 aliphatic rings. The molecule has 2 aliphatic heterocycles. The highest BCUT2D eigenvalue weighted by molar-refractivity contribution is 14.1. The van der Waals surface area contributed by atoms with E-state index < -0.39 is 23.4 Å². The molecule has 0 unspecified atom stereocenters. The van der Waals surface area contributed by atoms with Crippen LogP contribution in [0.25, 0.3) is 6.08 Å². The van der Waals surface area contributed by atoms with Crippen molar-refractivity contribution in [2.75, 3.05) is 4.90 Å². The Morgan fingerprint density at radius 1 is 0.944 bits per heavy atom. The molecule has 180 valence electrons. The van der Waals surface area contributed by atoms with Gasteiger partial charge in [-0.15, -0.1) is 0 Å². The van der Waals surface area contributed by atoms with Crippen LogP contribution in [0, 0.1) is 54.8 Å². The molecule has 5 heteroatoms. The lowest BCUT2D eigenvalue weighted by atomic mass is 9.47. The van der Waals surface area contributed by atoms with Gasteiger partial charge in [0, 0.05) is 20.6 Å². The summed E-state index contributed by atoms with van der Waals surface area (Å²) in [5.74, 6) is 1.73. The molecule has 0 N–H and O–H groups in total. The lowest BCUT2D eigenvalue weighted by molar-refractivity contribution is -0.145. The molecule has 4 nitrogen and oxygen atoms in total. The number of rotatable bonds is 3. The van der Waals surface area contributed by atoms with Crippen molar-refractivity contribution in [3.05, 3.63) is 69.3 Å². The first kappa shape index (κ1) is 22.5. The van der Waals surface area contributed by atoms with Crippen LogP contribution in [0.5, 0.6) is 0 Å². The highest BCUT2D eigenvalue weighted by Crippen LogP contribution is 2.63. The third-order valence-electron chi connectivity index (χ3n) is 9.95. The summed E-state index contributed by atoms with van der Waals surface area (Å²) in [7, 11) is 0. The van der Waals surface area contributed by atoms with Crippen molar-refractivity contribution < 1.29 is 4.79 Å². The second-order valence-electron chi connectivity index (χ2n) is 11.9. The van der Waals surface area contributed by atoms with Gasteiger partial charge in [-0.1, -0.05) is 42.5 Å². The van der Waals surface area contributed by atoms with Gasteiger partial charge in [0.1, 0.15) is 0 Å². The second-order valence-corrected chi connectivity index (χ2v) is 13.1. The molecule has 4 bridgehead atoms. The van der Waals surface area contributed by atoms with Crippen molar-refractivity contribution in [2.45, 2.75) is 56.5 Å². The van der Waals surface area contributed by atoms with Crippen LogP contribution in [0.4, 0.5) is 5.69 Å². The van der Waals surface area contributed by atoms with Gasteiger partial charge in [-0.25, -0.2) is 0 Å². The van der Waals surface area contributed by atoms with Gasteiger partial charge in [0.2, 0.25) is 0 Å². The van der Waals surface area contributed by atoms with Gasteiger partial charge in [-0.05, 0) is 108 Å². The number of hydrogen-bond donors (Lipinski definition) is 0. The van der Waals surface area contributed by atoms with Crippen LogP contribution >= 0.6 is 22.6 Å². The van der Waals surface area contributed by atoms with Crippen LogP contribution in [0.3, 0.4) is 0 Å². The van der Waals surface area contributed by atoms with Gasteiger partial charge in [-0.2, -0.15) is 10.5 Å². The number of para-hydroxylation sites is 1. The molecule has 5 fully saturated rings. The molecular weight excluding hydrogens is 557 g/mol. The van der Waals surface area contributed by atoms with Gasteiger partial charge in [0.15, 0.2) is 11.2 Å². The summed E-state index contributed by atoms with van der Waals surface area (Å²) in [6.07, 6.45) is 10.8. The fourth-order valence-corrected chi connectivity index (χ4v) is 9.60. The van der Waals surface area contributed by atoms with E-state index in [2.05, 4.69) is 57.8 Å². The fourth-order valence-electron chi connectivity index (χ4n) is 9.03. The second kappa shape index (κ2) is 7.93. The van der Waals surface area contributed by atoms with E-state index >= 15 is 4.79 Å². The number of hydrogen-bond acceptors (Lipinski definition) is 4. The molecule has 2 aromatic carbocycles. The van der Waals surface area contributed by atoms with Crippen LogP contribution in [0.2, 0.25) is 0 Å². The van der Waals surface area contributed by atoms with Gasteiger partial charge < -0.3 is 4.90 Å². The Balaban J connectivity index is 1.45. The zero-order chi connectivity index (χ0) is 24.7. The lowest BCUT2D eigenvalue weighted by Gasteiger charge is -2.57. The molecule has 0 aromatic heterocycles. The quantitative estimate of drug-likeness (QED) is 0.387. The van der Waals surface area contributed by atoms with Crippen molar-refractivity contribution in [1.29, 1.82) is 10.5 Å². The minimum Gasteiger partial charge on any atom is -0.351 e. The third kappa shape index (κ3) is 2.99. The van der Waals surface area contributed by atoms with Crippen LogP contribution < -0.4 is 4.90 Å². The van der Waals surface area contributed by atoms with E-state index in [9.17, 15) is 10.5 Å². The molecule has 2 heterocycles. The fraction of sp³-hybridized carbons (Fsp3) is 0.452. The third-order valence-corrected chi connectivity index (χ3v) is 10.6. The maximum atomic E-state index is 15.1. The molecule has 2 aromatic rings. The number of Topliss-reactive ketones (excluding diaryl/α,β-unsaturated/α-hetero) is 1. The van der Waals surface area contributed by atoms with E-state index in [0.29, 0.717) is 17.8 Å². The van der Waals surface area contributed by atoms with Gasteiger partial charge in [0.05, 0.1) is 24.2 Å². The van der Waals surface area contributed by atoms with Crippen molar-refractivity contribution in [1.82, 2.24) is 0 Å². The van der Waals surface area contributed by atoms with E-state index in [0.717, 1.165) is 39.6 Å². The number of fused-ring (bicyclic) bond motifs is 3. The highest BCUT2D eigenvalue weighted by Gasteiger charge is 2.66. The summed E-state index contributed by atoms with van der Waals surface area (Å²) >= 11 is 2.29. The number of halogens is 1. The Bertz CT molecular complexity index is 1330. The Hall–Kier alpha value is -2.64. The summed E-state index contributed by atoms with van der Waals surface area (Å²) in [5.41, 5.74) is 1.27. The summed E-state index contributed by atoms with van der Waals surface area (Å²) in [6, 6.07) is 20.2. The number of nitriles is 2. The normalized spacial score (nSPS) is 36.6. The average Bonchev–Trinajstić information content (AvgIpc) is 3.18. The molecule has 3 atom stereocenters. The van der Waals surface area contributed by atoms with Gasteiger partial charge >= 0.3 is 0 Å². The van der Waals surface area contributed by atoms with E-state index in [-0.39, 0.29) is 11.2 Å². The smallest absolute Gasteiger partial charge is 0.176 e. The molecule has 0 amide bonds. The first-order valence-electron chi connectivity index (χ1n) is 13.2. The Morgan fingerprint density at radius 2 is 1.61 bits per heavy atom. The van der Waals surface area contributed by atoms with Gasteiger partial charge in [0.25, 0.3) is 0 Å². The van der Waals surface area contributed by atoms with E-state index in [1.165, 1.54) is 19.3 Å². The molecule has 36 heavy (non-hydrogen) atoms. The number of anilines is 1. The lowest BCUT2D eigenvalue weighted by Crippen LogP contribution is -2.56. The monoisotopic (exact) mass is 585 g/mol. The molecule has 4 saturated carbocycles. The minimum atomic E-state index is -1.35. The largest absolute Gasteiger partial charge is 0.351 e. The van der Waals surface area contributed by atoms with Crippen LogP contribution in [0.15, 0.2) is 54.6 Å². The highest BCUT2D eigenvalue weighted by atomic mass is 127. The van der Waals surface area contributed by atoms with E-state index in [1.807, 2.05) is 42.5 Å². The van der Waals surface area contributed by atoms with E-state index in [4.69, 9.17) is 0 Å².